The largest absolute Gasteiger partial charge is 0.412 e. The second-order valence-electron chi connectivity index (χ2n) is 4.41. The van der Waals surface area contributed by atoms with Gasteiger partial charge in [0, 0.05) is 7.11 Å². The molecule has 1 aliphatic heterocycles. The van der Waals surface area contributed by atoms with Gasteiger partial charge in [0.15, 0.2) is 0 Å². The first-order chi connectivity index (χ1) is 6.45. The Balaban J connectivity index is -0.000000156. The summed E-state index contributed by atoms with van der Waals surface area (Å²) in [5.74, 6) is 0.935. The molecule has 0 bridgehead atoms. The smallest absolute Gasteiger partial charge is 0.0594 e. The first-order valence-corrected chi connectivity index (χ1v) is 5.71. The van der Waals surface area contributed by atoms with Crippen LogP contribution < -0.4 is 5.32 Å². The van der Waals surface area contributed by atoms with Gasteiger partial charge in [-0.2, -0.15) is 0 Å². The van der Waals surface area contributed by atoms with Crippen molar-refractivity contribution in [3.8, 4) is 0 Å². The number of ether oxygens (including phenoxy) is 1. The summed E-state index contributed by atoms with van der Waals surface area (Å²) >= 11 is 0. The highest BCUT2D eigenvalue weighted by Crippen LogP contribution is 2.03. The average molecular weight is 221 g/mol. The van der Waals surface area contributed by atoms with E-state index >= 15 is 0 Å². The Morgan fingerprint density at radius 3 is 1.67 bits per heavy atom. The van der Waals surface area contributed by atoms with E-state index in [4.69, 9.17) is 4.74 Å². The second-order valence-corrected chi connectivity index (χ2v) is 4.41. The summed E-state index contributed by atoms with van der Waals surface area (Å²) in [5.41, 5.74) is 0.0417. The van der Waals surface area contributed by atoms with Gasteiger partial charge in [-0.15, -0.1) is 0 Å². The van der Waals surface area contributed by atoms with Crippen LogP contribution in [0.5, 0.6) is 0 Å². The van der Waals surface area contributed by atoms with Gasteiger partial charge in [0.25, 0.3) is 0 Å². The fourth-order valence-corrected chi connectivity index (χ4v) is 0.799. The summed E-state index contributed by atoms with van der Waals surface area (Å²) in [4.78, 5) is 0. The highest BCUT2D eigenvalue weighted by atomic mass is 16.5. The van der Waals surface area contributed by atoms with Gasteiger partial charge in [-0.25, -0.2) is 0 Å². The Kier molecular flexibility index (Phi) is 16.2. The maximum atomic E-state index is 4.94. The zero-order valence-electron chi connectivity index (χ0n) is 11.6. The molecule has 1 aliphatic rings. The molecule has 1 unspecified atom stereocenters. The van der Waals surface area contributed by atoms with Crippen LogP contribution in [-0.2, 0) is 4.74 Å². The number of hydrogen-bond donors (Lipinski definition) is 1. The van der Waals surface area contributed by atoms with Crippen LogP contribution in [0.4, 0.5) is 0 Å². The SMILES string of the molecule is CC.CC1CCNC1.COC(C)(C)C.O. The molecule has 1 rings (SSSR count). The number of hydrogen-bond acceptors (Lipinski definition) is 2. The number of rotatable bonds is 0. The molecule has 1 fully saturated rings. The van der Waals surface area contributed by atoms with Crippen LogP contribution >= 0.6 is 0 Å². The first kappa shape index (κ1) is 20.3. The van der Waals surface area contributed by atoms with E-state index in [2.05, 4.69) is 12.2 Å². The van der Waals surface area contributed by atoms with Gasteiger partial charge in [0.1, 0.15) is 0 Å². The summed E-state index contributed by atoms with van der Waals surface area (Å²) in [6.07, 6.45) is 1.38. The molecule has 3 N–H and O–H groups in total. The molecule has 3 nitrogen and oxygen atoms in total. The normalized spacial score (nSPS) is 19.0. The van der Waals surface area contributed by atoms with Crippen molar-refractivity contribution in [1.29, 1.82) is 0 Å². The van der Waals surface area contributed by atoms with Gasteiger partial charge in [-0.1, -0.05) is 20.8 Å². The molecule has 0 aromatic rings. The van der Waals surface area contributed by atoms with E-state index in [1.54, 1.807) is 7.11 Å². The number of nitrogens with one attached hydrogen (secondary N) is 1. The molecule has 0 aromatic carbocycles. The molecule has 0 radical (unpaired) electrons. The molecular weight excluding hydrogens is 190 g/mol. The predicted molar refractivity (Wildman–Crippen MR) is 68.4 cm³/mol. The van der Waals surface area contributed by atoms with Crippen molar-refractivity contribution in [2.45, 2.75) is 53.6 Å². The van der Waals surface area contributed by atoms with Crippen LogP contribution in [0.15, 0.2) is 0 Å². The van der Waals surface area contributed by atoms with Gasteiger partial charge < -0.3 is 15.5 Å². The molecule has 1 heterocycles. The van der Waals surface area contributed by atoms with Crippen LogP contribution in [0.1, 0.15) is 48.0 Å². The maximum Gasteiger partial charge on any atom is 0.0594 e. The van der Waals surface area contributed by atoms with E-state index in [1.807, 2.05) is 34.6 Å². The Bertz CT molecular complexity index is 105. The quantitative estimate of drug-likeness (QED) is 0.682. The molecule has 3 heteroatoms. The Labute approximate surface area is 95.9 Å². The minimum absolute atomic E-state index is 0. The van der Waals surface area contributed by atoms with E-state index in [1.165, 1.54) is 19.5 Å². The topological polar surface area (TPSA) is 52.8 Å². The Morgan fingerprint density at radius 1 is 1.20 bits per heavy atom. The summed E-state index contributed by atoms with van der Waals surface area (Å²) in [5, 5.41) is 3.27. The Hall–Kier alpha value is -0.120. The van der Waals surface area contributed by atoms with Crippen LogP contribution in [-0.4, -0.2) is 31.3 Å². The lowest BCUT2D eigenvalue weighted by Crippen LogP contribution is -2.15. The lowest BCUT2D eigenvalue weighted by Gasteiger charge is -2.14. The molecule has 0 saturated carbocycles. The molecule has 15 heavy (non-hydrogen) atoms. The third-order valence-corrected chi connectivity index (χ3v) is 1.92. The minimum Gasteiger partial charge on any atom is -0.412 e. The van der Waals surface area contributed by atoms with Crippen LogP contribution in [0.25, 0.3) is 0 Å². The maximum absolute atomic E-state index is 4.94. The average Bonchev–Trinajstić information content (AvgIpc) is 2.59. The van der Waals surface area contributed by atoms with Crippen LogP contribution in [0, 0.1) is 5.92 Å². The van der Waals surface area contributed by atoms with Crippen molar-refractivity contribution in [2.75, 3.05) is 20.2 Å². The van der Waals surface area contributed by atoms with Crippen molar-refractivity contribution in [3.63, 3.8) is 0 Å². The predicted octanol–water partition coefficient (Wildman–Crippen LogP) is 2.25. The van der Waals surface area contributed by atoms with Crippen LogP contribution in [0.3, 0.4) is 0 Å². The van der Waals surface area contributed by atoms with Gasteiger partial charge in [-0.3, -0.25) is 0 Å². The fraction of sp³-hybridized carbons (Fsp3) is 1.00. The van der Waals surface area contributed by atoms with E-state index in [9.17, 15) is 0 Å². The standard InChI is InChI=1S/C5H11N.C5H12O.C2H6.H2O/c1-5-2-3-6-4-5;1-5(2,3)6-4;1-2;/h5-6H,2-4H2,1H3;1-4H3;1-2H3;1H2. The van der Waals surface area contributed by atoms with Crippen molar-refractivity contribution in [1.82, 2.24) is 5.32 Å². The van der Waals surface area contributed by atoms with Gasteiger partial charge in [-0.05, 0) is 46.2 Å². The first-order valence-electron chi connectivity index (χ1n) is 5.71. The molecule has 0 aliphatic carbocycles. The fourth-order valence-electron chi connectivity index (χ4n) is 0.799. The summed E-state index contributed by atoms with van der Waals surface area (Å²) in [6.45, 7) is 14.8. The zero-order chi connectivity index (χ0) is 11.6. The van der Waals surface area contributed by atoms with Crippen molar-refractivity contribution >= 4 is 0 Å². The third-order valence-electron chi connectivity index (χ3n) is 1.92. The molecule has 0 amide bonds. The molecule has 1 atom stereocenters. The summed E-state index contributed by atoms with van der Waals surface area (Å²) in [6, 6.07) is 0. The van der Waals surface area contributed by atoms with Crippen molar-refractivity contribution < 1.29 is 10.2 Å². The lowest BCUT2D eigenvalue weighted by atomic mass is 10.2. The van der Waals surface area contributed by atoms with Gasteiger partial charge in [0.2, 0.25) is 0 Å². The highest BCUT2D eigenvalue weighted by Gasteiger charge is 2.06. The lowest BCUT2D eigenvalue weighted by molar-refractivity contribution is 0.0397. The second kappa shape index (κ2) is 12.0. The van der Waals surface area contributed by atoms with Crippen molar-refractivity contribution in [3.05, 3.63) is 0 Å². The van der Waals surface area contributed by atoms with Crippen LogP contribution in [0.2, 0.25) is 0 Å². The van der Waals surface area contributed by atoms with Gasteiger partial charge in [0.05, 0.1) is 5.60 Å². The van der Waals surface area contributed by atoms with E-state index in [0.29, 0.717) is 0 Å². The molecule has 0 aromatic heterocycles. The zero-order valence-corrected chi connectivity index (χ0v) is 11.6. The Morgan fingerprint density at radius 2 is 1.60 bits per heavy atom. The number of methoxy groups -OCH3 is 1. The van der Waals surface area contributed by atoms with Gasteiger partial charge >= 0.3 is 0 Å². The molecule has 96 valence electrons. The van der Waals surface area contributed by atoms with Crippen molar-refractivity contribution in [2.24, 2.45) is 5.92 Å². The van der Waals surface area contributed by atoms with E-state index in [0.717, 1.165) is 5.92 Å². The molecule has 0 spiro atoms. The highest BCUT2D eigenvalue weighted by molar-refractivity contribution is 4.65. The van der Waals surface area contributed by atoms with E-state index in [-0.39, 0.29) is 11.1 Å². The third kappa shape index (κ3) is 20.1. The monoisotopic (exact) mass is 221 g/mol. The summed E-state index contributed by atoms with van der Waals surface area (Å²) in [7, 11) is 1.71. The molecular formula is C12H31NO2. The van der Waals surface area contributed by atoms with E-state index < -0.39 is 0 Å². The summed E-state index contributed by atoms with van der Waals surface area (Å²) < 4.78 is 4.94. The minimum atomic E-state index is 0. The molecule has 1 saturated heterocycles.